The molecule has 1 atom stereocenters. The maximum atomic E-state index is 8.78. The van der Waals surface area contributed by atoms with Crippen molar-refractivity contribution in [3.8, 4) is 0 Å². The second kappa shape index (κ2) is 6.55. The van der Waals surface area contributed by atoms with Crippen molar-refractivity contribution in [1.82, 2.24) is 9.97 Å². The lowest BCUT2D eigenvalue weighted by Crippen LogP contribution is -2.18. The van der Waals surface area contributed by atoms with E-state index in [2.05, 4.69) is 36.1 Å². The molecule has 1 aromatic heterocycles. The first-order chi connectivity index (χ1) is 8.02. The number of aliphatic hydroxyl groups is 1. The Hall–Kier alpha value is -1.16. The van der Waals surface area contributed by atoms with E-state index < -0.39 is 0 Å². The summed E-state index contributed by atoms with van der Waals surface area (Å²) in [5.41, 5.74) is 2.05. The molecule has 2 N–H and O–H groups in total. The Morgan fingerprint density at radius 1 is 1.29 bits per heavy atom. The van der Waals surface area contributed by atoms with E-state index in [1.807, 2.05) is 13.0 Å². The predicted octanol–water partition coefficient (Wildman–Crippen LogP) is 2.48. The Morgan fingerprint density at radius 2 is 2.00 bits per heavy atom. The summed E-state index contributed by atoms with van der Waals surface area (Å²) in [7, 11) is 0. The lowest BCUT2D eigenvalue weighted by Gasteiger charge is -2.15. The van der Waals surface area contributed by atoms with Gasteiger partial charge in [-0.25, -0.2) is 9.97 Å². The van der Waals surface area contributed by atoms with Crippen LogP contribution >= 0.6 is 0 Å². The molecule has 0 spiro atoms. The molecule has 0 fully saturated rings. The number of hydrogen-bond donors (Lipinski definition) is 2. The predicted molar refractivity (Wildman–Crippen MR) is 70.3 cm³/mol. The van der Waals surface area contributed by atoms with Gasteiger partial charge < -0.3 is 10.4 Å². The third-order valence-corrected chi connectivity index (χ3v) is 2.64. The minimum atomic E-state index is 0.234. The quantitative estimate of drug-likeness (QED) is 0.798. The van der Waals surface area contributed by atoms with Crippen molar-refractivity contribution in [2.24, 2.45) is 0 Å². The molecule has 4 heteroatoms. The smallest absolute Gasteiger partial charge is 0.223 e. The minimum Gasteiger partial charge on any atom is -0.396 e. The molecule has 96 valence electrons. The van der Waals surface area contributed by atoms with Crippen LogP contribution in [0.25, 0.3) is 0 Å². The molecule has 0 aromatic carbocycles. The fraction of sp³-hybridized carbons (Fsp3) is 0.692. The molecule has 17 heavy (non-hydrogen) atoms. The molecule has 1 unspecified atom stereocenters. The van der Waals surface area contributed by atoms with Gasteiger partial charge in [0.1, 0.15) is 0 Å². The van der Waals surface area contributed by atoms with Gasteiger partial charge in [-0.3, -0.25) is 0 Å². The Morgan fingerprint density at radius 3 is 2.59 bits per heavy atom. The van der Waals surface area contributed by atoms with Gasteiger partial charge in [0.25, 0.3) is 0 Å². The van der Waals surface area contributed by atoms with Gasteiger partial charge in [0.05, 0.1) is 0 Å². The Bertz CT molecular complexity index is 353. The SMILES string of the molecule is Cc1cc(C(C)C)nc(NC(C)CCCO)n1. The van der Waals surface area contributed by atoms with Crippen molar-refractivity contribution in [2.45, 2.75) is 52.5 Å². The number of anilines is 1. The normalized spacial score (nSPS) is 12.8. The minimum absolute atomic E-state index is 0.234. The Balaban J connectivity index is 2.70. The fourth-order valence-electron chi connectivity index (χ4n) is 1.64. The van der Waals surface area contributed by atoms with E-state index in [-0.39, 0.29) is 12.6 Å². The van der Waals surface area contributed by atoms with Crippen molar-refractivity contribution >= 4 is 5.95 Å². The van der Waals surface area contributed by atoms with Gasteiger partial charge in [0.2, 0.25) is 5.95 Å². The van der Waals surface area contributed by atoms with E-state index in [4.69, 9.17) is 5.11 Å². The molecule has 0 bridgehead atoms. The molecule has 0 radical (unpaired) electrons. The highest BCUT2D eigenvalue weighted by molar-refractivity contribution is 5.30. The average Bonchev–Trinajstić information content (AvgIpc) is 2.25. The summed E-state index contributed by atoms with van der Waals surface area (Å²) in [6.07, 6.45) is 1.72. The van der Waals surface area contributed by atoms with Crippen LogP contribution in [0.15, 0.2) is 6.07 Å². The number of aliphatic hydroxyl groups excluding tert-OH is 1. The molecule has 0 saturated heterocycles. The van der Waals surface area contributed by atoms with Crippen LogP contribution in [0.3, 0.4) is 0 Å². The number of aryl methyl sites for hydroxylation is 1. The Labute approximate surface area is 103 Å². The van der Waals surface area contributed by atoms with E-state index in [0.29, 0.717) is 11.9 Å². The van der Waals surface area contributed by atoms with Crippen molar-refractivity contribution in [3.63, 3.8) is 0 Å². The monoisotopic (exact) mass is 237 g/mol. The van der Waals surface area contributed by atoms with Gasteiger partial charge in [-0.2, -0.15) is 0 Å². The maximum Gasteiger partial charge on any atom is 0.223 e. The van der Waals surface area contributed by atoms with Crippen LogP contribution in [0.5, 0.6) is 0 Å². The first kappa shape index (κ1) is 13.9. The number of hydrogen-bond acceptors (Lipinski definition) is 4. The second-order valence-corrected chi connectivity index (χ2v) is 4.82. The lowest BCUT2D eigenvalue weighted by molar-refractivity contribution is 0.282. The molecule has 0 amide bonds. The largest absolute Gasteiger partial charge is 0.396 e. The van der Waals surface area contributed by atoms with E-state index in [0.717, 1.165) is 24.2 Å². The number of nitrogens with one attached hydrogen (secondary N) is 1. The van der Waals surface area contributed by atoms with Crippen LogP contribution in [0, 0.1) is 6.92 Å². The van der Waals surface area contributed by atoms with Gasteiger partial charge in [-0.15, -0.1) is 0 Å². The van der Waals surface area contributed by atoms with Crippen LogP contribution in [-0.2, 0) is 0 Å². The standard InChI is InChI=1S/C13H23N3O/c1-9(2)12-8-11(4)15-13(16-12)14-10(3)6-5-7-17/h8-10,17H,5-7H2,1-4H3,(H,14,15,16). The van der Waals surface area contributed by atoms with Crippen LogP contribution in [0.1, 0.15) is 50.9 Å². The molecular weight excluding hydrogens is 214 g/mol. The van der Waals surface area contributed by atoms with E-state index in [1.54, 1.807) is 0 Å². The van der Waals surface area contributed by atoms with Gasteiger partial charge >= 0.3 is 0 Å². The molecular formula is C13H23N3O. The third kappa shape index (κ3) is 4.69. The summed E-state index contributed by atoms with van der Waals surface area (Å²) in [5.74, 6) is 1.10. The molecule has 0 aliphatic carbocycles. The summed E-state index contributed by atoms with van der Waals surface area (Å²) in [4.78, 5) is 8.88. The first-order valence-electron chi connectivity index (χ1n) is 6.26. The summed E-state index contributed by atoms with van der Waals surface area (Å²) in [6.45, 7) is 8.55. The topological polar surface area (TPSA) is 58.0 Å². The highest BCUT2D eigenvalue weighted by atomic mass is 16.2. The number of aromatic nitrogens is 2. The van der Waals surface area contributed by atoms with Crippen molar-refractivity contribution < 1.29 is 5.11 Å². The van der Waals surface area contributed by atoms with Crippen molar-refractivity contribution in [2.75, 3.05) is 11.9 Å². The van der Waals surface area contributed by atoms with Crippen molar-refractivity contribution in [1.29, 1.82) is 0 Å². The average molecular weight is 237 g/mol. The van der Waals surface area contributed by atoms with Gasteiger partial charge in [-0.05, 0) is 38.7 Å². The molecule has 1 rings (SSSR count). The zero-order chi connectivity index (χ0) is 12.8. The maximum absolute atomic E-state index is 8.78. The number of rotatable bonds is 6. The zero-order valence-electron chi connectivity index (χ0n) is 11.2. The van der Waals surface area contributed by atoms with E-state index in [9.17, 15) is 0 Å². The molecule has 0 saturated carbocycles. The molecule has 1 heterocycles. The highest BCUT2D eigenvalue weighted by Gasteiger charge is 2.08. The molecule has 1 aromatic rings. The first-order valence-corrected chi connectivity index (χ1v) is 6.26. The third-order valence-electron chi connectivity index (χ3n) is 2.64. The molecule has 0 aliphatic rings. The summed E-state index contributed by atoms with van der Waals surface area (Å²) in [5, 5.41) is 12.1. The summed E-state index contributed by atoms with van der Waals surface area (Å²) >= 11 is 0. The van der Waals surface area contributed by atoms with E-state index >= 15 is 0 Å². The van der Waals surface area contributed by atoms with Crippen molar-refractivity contribution in [3.05, 3.63) is 17.5 Å². The van der Waals surface area contributed by atoms with Crippen LogP contribution in [0.4, 0.5) is 5.95 Å². The second-order valence-electron chi connectivity index (χ2n) is 4.82. The molecule has 4 nitrogen and oxygen atoms in total. The van der Waals surface area contributed by atoms with Gasteiger partial charge in [0, 0.05) is 24.0 Å². The van der Waals surface area contributed by atoms with Crippen LogP contribution in [0.2, 0.25) is 0 Å². The molecule has 0 aliphatic heterocycles. The highest BCUT2D eigenvalue weighted by Crippen LogP contribution is 2.15. The summed E-state index contributed by atoms with van der Waals surface area (Å²) < 4.78 is 0. The Kier molecular flexibility index (Phi) is 5.35. The van der Waals surface area contributed by atoms with Gasteiger partial charge in [-0.1, -0.05) is 13.8 Å². The lowest BCUT2D eigenvalue weighted by atomic mass is 10.1. The van der Waals surface area contributed by atoms with E-state index in [1.165, 1.54) is 0 Å². The number of nitrogens with zero attached hydrogens (tertiary/aromatic N) is 2. The van der Waals surface area contributed by atoms with Gasteiger partial charge in [0.15, 0.2) is 0 Å². The zero-order valence-corrected chi connectivity index (χ0v) is 11.2. The van der Waals surface area contributed by atoms with Crippen LogP contribution in [-0.4, -0.2) is 27.7 Å². The van der Waals surface area contributed by atoms with Crippen LogP contribution < -0.4 is 5.32 Å². The fourth-order valence-corrected chi connectivity index (χ4v) is 1.64. The summed E-state index contributed by atoms with van der Waals surface area (Å²) in [6, 6.07) is 2.30.